The molecule has 0 aliphatic carbocycles. The van der Waals surface area contributed by atoms with E-state index in [-0.39, 0.29) is 18.8 Å². The molecule has 0 bridgehead atoms. The number of carbonyl (C=O) groups excluding carboxylic acids is 1. The van der Waals surface area contributed by atoms with Crippen LogP contribution in [0.1, 0.15) is 58.3 Å². The molecule has 0 rings (SSSR count). The Bertz CT molecular complexity index is 501. The number of aliphatic hydroxyl groups excluding tert-OH is 2. The monoisotopic (exact) mass is 376 g/mol. The number of aliphatic hydroxyl groups is 2. The summed E-state index contributed by atoms with van der Waals surface area (Å²) in [6.07, 6.45) is 24.7. The Morgan fingerprint density at radius 2 is 1.22 bits per heavy atom. The van der Waals surface area contributed by atoms with Crippen LogP contribution >= 0.6 is 0 Å². The lowest BCUT2D eigenvalue weighted by molar-refractivity contribution is -0.141. The van der Waals surface area contributed by atoms with Gasteiger partial charge in [-0.15, -0.1) is 0 Å². The molecular formula is C23H36O4. The van der Waals surface area contributed by atoms with Gasteiger partial charge in [0.25, 0.3) is 0 Å². The van der Waals surface area contributed by atoms with Crippen LogP contribution in [-0.2, 0) is 9.53 Å². The Morgan fingerprint density at radius 3 is 1.67 bits per heavy atom. The second-order valence-corrected chi connectivity index (χ2v) is 6.19. The third kappa shape index (κ3) is 17.3. The molecule has 0 aromatic heterocycles. The molecule has 0 aliphatic rings. The minimum atomic E-state index is -0.911. The molecule has 2 unspecified atom stereocenters. The quantitative estimate of drug-likeness (QED) is 0.318. The Morgan fingerprint density at radius 1 is 0.778 bits per heavy atom. The number of carbonyl (C=O) groups is 1. The van der Waals surface area contributed by atoms with Crippen LogP contribution in [0.15, 0.2) is 60.8 Å². The number of hydrogen-bond donors (Lipinski definition) is 2. The van der Waals surface area contributed by atoms with Crippen molar-refractivity contribution in [3.63, 3.8) is 0 Å². The van der Waals surface area contributed by atoms with Gasteiger partial charge in [-0.05, 0) is 44.9 Å². The zero-order valence-electron chi connectivity index (χ0n) is 16.8. The molecule has 0 aromatic carbocycles. The van der Waals surface area contributed by atoms with Gasteiger partial charge in [0, 0.05) is 6.42 Å². The fourth-order valence-electron chi connectivity index (χ4n) is 2.20. The molecule has 0 heterocycles. The Labute approximate surface area is 164 Å². The minimum Gasteiger partial charge on any atom is -0.469 e. The molecule has 2 N–H and O–H groups in total. The van der Waals surface area contributed by atoms with Gasteiger partial charge in [0.05, 0.1) is 19.3 Å². The average Bonchev–Trinajstić information content (AvgIpc) is 2.68. The molecule has 0 radical (unpaired) electrons. The van der Waals surface area contributed by atoms with Crippen molar-refractivity contribution in [2.45, 2.75) is 70.5 Å². The molecule has 0 spiro atoms. The molecule has 0 aliphatic heterocycles. The van der Waals surface area contributed by atoms with E-state index in [1.165, 1.54) is 7.11 Å². The number of ether oxygens (including phenoxy) is 1. The summed E-state index contributed by atoms with van der Waals surface area (Å²) in [4.78, 5) is 11.0. The summed E-state index contributed by atoms with van der Waals surface area (Å²) in [7, 11) is 1.31. The van der Waals surface area contributed by atoms with Crippen molar-refractivity contribution >= 4 is 5.97 Å². The van der Waals surface area contributed by atoms with Crippen LogP contribution < -0.4 is 0 Å². The summed E-state index contributed by atoms with van der Waals surface area (Å²) >= 11 is 0. The van der Waals surface area contributed by atoms with Gasteiger partial charge in [0.1, 0.15) is 0 Å². The molecule has 0 aromatic rings. The second-order valence-electron chi connectivity index (χ2n) is 6.19. The van der Waals surface area contributed by atoms with Crippen molar-refractivity contribution in [1.29, 1.82) is 0 Å². The first-order valence-electron chi connectivity index (χ1n) is 9.79. The van der Waals surface area contributed by atoms with Gasteiger partial charge in [-0.2, -0.15) is 0 Å². The summed E-state index contributed by atoms with van der Waals surface area (Å²) in [5, 5.41) is 19.6. The van der Waals surface area contributed by atoms with E-state index in [9.17, 15) is 15.0 Å². The number of esters is 1. The van der Waals surface area contributed by atoms with Crippen LogP contribution in [0.4, 0.5) is 0 Å². The zero-order chi connectivity index (χ0) is 20.2. The SMILES string of the molecule is CC/C=C\C/C=C\C/C=C\C/C=C\C/C=C\CC(O)C(O)CCC(=O)OC. The highest BCUT2D eigenvalue weighted by atomic mass is 16.5. The van der Waals surface area contributed by atoms with Crippen molar-refractivity contribution in [3.8, 4) is 0 Å². The number of allylic oxidation sites excluding steroid dienone is 9. The Balaban J connectivity index is 3.73. The van der Waals surface area contributed by atoms with E-state index in [4.69, 9.17) is 0 Å². The largest absolute Gasteiger partial charge is 0.469 e. The summed E-state index contributed by atoms with van der Waals surface area (Å²) < 4.78 is 4.51. The van der Waals surface area contributed by atoms with Crippen molar-refractivity contribution in [3.05, 3.63) is 60.8 Å². The topological polar surface area (TPSA) is 66.8 Å². The number of hydrogen-bond acceptors (Lipinski definition) is 4. The molecular weight excluding hydrogens is 340 g/mol. The molecule has 0 fully saturated rings. The zero-order valence-corrected chi connectivity index (χ0v) is 16.8. The van der Waals surface area contributed by atoms with Gasteiger partial charge in [-0.1, -0.05) is 67.7 Å². The van der Waals surface area contributed by atoms with E-state index < -0.39 is 12.2 Å². The lowest BCUT2D eigenvalue weighted by Gasteiger charge is -2.15. The normalized spacial score (nSPS) is 15.0. The Kier molecular flexibility index (Phi) is 17.5. The fraction of sp³-hybridized carbons (Fsp3) is 0.522. The average molecular weight is 377 g/mol. The number of rotatable bonds is 15. The van der Waals surface area contributed by atoms with Crippen molar-refractivity contribution in [2.75, 3.05) is 7.11 Å². The summed E-state index contributed by atoms with van der Waals surface area (Å²) in [6.45, 7) is 2.13. The first-order valence-corrected chi connectivity index (χ1v) is 9.79. The van der Waals surface area contributed by atoms with Crippen LogP contribution in [0.5, 0.6) is 0 Å². The van der Waals surface area contributed by atoms with Gasteiger partial charge in [0.15, 0.2) is 0 Å². The summed E-state index contributed by atoms with van der Waals surface area (Å²) in [5.74, 6) is -0.379. The maximum Gasteiger partial charge on any atom is 0.305 e. The summed E-state index contributed by atoms with van der Waals surface area (Å²) in [6, 6.07) is 0. The molecule has 4 nitrogen and oxygen atoms in total. The van der Waals surface area contributed by atoms with Gasteiger partial charge >= 0.3 is 5.97 Å². The highest BCUT2D eigenvalue weighted by Gasteiger charge is 2.16. The van der Waals surface area contributed by atoms with Crippen LogP contribution in [0, 0.1) is 0 Å². The van der Waals surface area contributed by atoms with Gasteiger partial charge in [0.2, 0.25) is 0 Å². The lowest BCUT2D eigenvalue weighted by Crippen LogP contribution is -2.26. The molecule has 2 atom stereocenters. The van der Waals surface area contributed by atoms with Crippen molar-refractivity contribution < 1.29 is 19.7 Å². The molecule has 0 saturated carbocycles. The predicted molar refractivity (Wildman–Crippen MR) is 112 cm³/mol. The second kappa shape index (κ2) is 18.9. The van der Waals surface area contributed by atoms with Gasteiger partial charge in [-0.3, -0.25) is 4.79 Å². The smallest absolute Gasteiger partial charge is 0.305 e. The van der Waals surface area contributed by atoms with E-state index in [2.05, 4.69) is 60.3 Å². The lowest BCUT2D eigenvalue weighted by atomic mass is 10.1. The summed E-state index contributed by atoms with van der Waals surface area (Å²) in [5.41, 5.74) is 0. The van der Waals surface area contributed by atoms with Crippen LogP contribution in [-0.4, -0.2) is 35.5 Å². The van der Waals surface area contributed by atoms with Gasteiger partial charge in [-0.25, -0.2) is 0 Å². The molecule has 152 valence electrons. The minimum absolute atomic E-state index is 0.112. The molecule has 0 amide bonds. The molecule has 27 heavy (non-hydrogen) atoms. The third-order valence-corrected chi connectivity index (χ3v) is 3.85. The first kappa shape index (κ1) is 25.1. The van der Waals surface area contributed by atoms with E-state index in [0.717, 1.165) is 32.1 Å². The Hall–Kier alpha value is -1.91. The first-order chi connectivity index (χ1) is 13.1. The molecule has 4 heteroatoms. The van der Waals surface area contributed by atoms with Crippen molar-refractivity contribution in [1.82, 2.24) is 0 Å². The highest BCUT2D eigenvalue weighted by Crippen LogP contribution is 2.08. The maximum atomic E-state index is 11.0. The van der Waals surface area contributed by atoms with E-state index in [1.54, 1.807) is 0 Å². The van der Waals surface area contributed by atoms with E-state index >= 15 is 0 Å². The highest BCUT2D eigenvalue weighted by molar-refractivity contribution is 5.69. The van der Waals surface area contributed by atoms with E-state index in [0.29, 0.717) is 6.42 Å². The van der Waals surface area contributed by atoms with E-state index in [1.807, 2.05) is 12.2 Å². The van der Waals surface area contributed by atoms with Crippen LogP contribution in [0.25, 0.3) is 0 Å². The van der Waals surface area contributed by atoms with Gasteiger partial charge < -0.3 is 14.9 Å². The van der Waals surface area contributed by atoms with Crippen molar-refractivity contribution in [2.24, 2.45) is 0 Å². The van der Waals surface area contributed by atoms with Crippen LogP contribution in [0.2, 0.25) is 0 Å². The standard InChI is InChI=1S/C23H36O4/c1-3-4-5-6-7-8-9-10-11-12-13-14-15-16-17-18-21(24)22(25)19-20-23(26)27-2/h4-5,7-8,10-11,13-14,16-17,21-22,24-25H,3,6,9,12,15,18-20H2,1-2H3/b5-4-,8-7-,11-10-,14-13-,17-16-. The number of methoxy groups -OCH3 is 1. The maximum absolute atomic E-state index is 11.0. The van der Waals surface area contributed by atoms with Crippen LogP contribution in [0.3, 0.4) is 0 Å². The third-order valence-electron chi connectivity index (χ3n) is 3.85. The fourth-order valence-corrected chi connectivity index (χ4v) is 2.20. The predicted octanol–water partition coefficient (Wildman–Crippen LogP) is 4.80. The molecule has 0 saturated heterocycles.